The number of rotatable bonds is 4. The molecule has 0 bridgehead atoms. The van der Waals surface area contributed by atoms with Crippen LogP contribution in [0.2, 0.25) is 0 Å². The van der Waals surface area contributed by atoms with E-state index in [9.17, 15) is 17.2 Å². The van der Waals surface area contributed by atoms with E-state index >= 15 is 0 Å². The van der Waals surface area contributed by atoms with E-state index < -0.39 is 27.4 Å². The van der Waals surface area contributed by atoms with Crippen LogP contribution in [0.15, 0.2) is 11.4 Å². The van der Waals surface area contributed by atoms with E-state index in [-0.39, 0.29) is 5.56 Å². The van der Waals surface area contributed by atoms with Crippen LogP contribution in [0.4, 0.5) is 14.6 Å². The summed E-state index contributed by atoms with van der Waals surface area (Å²) in [5, 5.41) is 16.4. The number of hydrogen-bond acceptors (Lipinski definition) is 5. The number of H-pyrrole nitrogens is 1. The van der Waals surface area contributed by atoms with Gasteiger partial charge in [-0.3, -0.25) is 9.82 Å². The Bertz CT molecular complexity index is 496. The molecule has 1 rings (SSSR count). The predicted octanol–water partition coefficient (Wildman–Crippen LogP) is -0.532. The molecule has 1 aromatic rings. The molecule has 16 heavy (non-hydrogen) atoms. The number of amidine groups is 1. The number of aromatic nitrogens is 2. The number of halogens is 2. The summed E-state index contributed by atoms with van der Waals surface area (Å²) in [5.41, 5.74) is 5.01. The molecule has 90 valence electrons. The highest BCUT2D eigenvalue weighted by Crippen LogP contribution is 2.15. The molecule has 0 aliphatic heterocycles. The first kappa shape index (κ1) is 12.2. The first-order valence-electron chi connectivity index (χ1n) is 3.69. The van der Waals surface area contributed by atoms with Gasteiger partial charge in [0.15, 0.2) is 5.84 Å². The van der Waals surface area contributed by atoms with Crippen molar-refractivity contribution in [2.24, 2.45) is 10.9 Å². The van der Waals surface area contributed by atoms with Gasteiger partial charge >= 0.3 is 5.76 Å². The fourth-order valence-corrected chi connectivity index (χ4v) is 1.33. The predicted molar refractivity (Wildman–Crippen MR) is 49.6 cm³/mol. The van der Waals surface area contributed by atoms with Crippen molar-refractivity contribution in [2.75, 3.05) is 4.72 Å². The number of hydrogen-bond donors (Lipinski definition) is 4. The fourth-order valence-electron chi connectivity index (χ4n) is 0.799. The minimum atomic E-state index is -4.83. The summed E-state index contributed by atoms with van der Waals surface area (Å²) in [6, 6.07) is 0. The molecule has 0 saturated carbocycles. The molecular formula is C5H7F2N5O3S. The Morgan fingerprint density at radius 3 is 2.81 bits per heavy atom. The average molecular weight is 255 g/mol. The summed E-state index contributed by atoms with van der Waals surface area (Å²) in [4.78, 5) is 0. The standard InChI is InChI=1S/C5H7F2N5O3S/c6-5(7)16(14,15)12-4-2(1-9-10-4)3(8)11-13/h1,5,13H,(H2,8,11)(H2,9,10,12). The van der Waals surface area contributed by atoms with Crippen LogP contribution in [0.5, 0.6) is 0 Å². The maximum Gasteiger partial charge on any atom is 0.355 e. The summed E-state index contributed by atoms with van der Waals surface area (Å²) in [7, 11) is -4.83. The number of nitrogens with zero attached hydrogens (tertiary/aromatic N) is 2. The Morgan fingerprint density at radius 1 is 1.69 bits per heavy atom. The van der Waals surface area contributed by atoms with Crippen LogP contribution in [0.3, 0.4) is 0 Å². The summed E-state index contributed by atoms with van der Waals surface area (Å²) in [6.45, 7) is 0. The lowest BCUT2D eigenvalue weighted by Crippen LogP contribution is -2.23. The zero-order chi connectivity index (χ0) is 12.3. The van der Waals surface area contributed by atoms with E-state index in [4.69, 9.17) is 10.9 Å². The van der Waals surface area contributed by atoms with Crippen molar-refractivity contribution in [1.29, 1.82) is 0 Å². The Balaban J connectivity index is 3.04. The summed E-state index contributed by atoms with van der Waals surface area (Å²) >= 11 is 0. The van der Waals surface area contributed by atoms with Gasteiger partial charge < -0.3 is 10.9 Å². The van der Waals surface area contributed by atoms with Crippen molar-refractivity contribution in [1.82, 2.24) is 10.2 Å². The highest BCUT2D eigenvalue weighted by atomic mass is 32.2. The van der Waals surface area contributed by atoms with Gasteiger partial charge in [0, 0.05) is 0 Å². The third kappa shape index (κ3) is 2.36. The molecule has 0 aliphatic carbocycles. The van der Waals surface area contributed by atoms with E-state index in [1.54, 1.807) is 0 Å². The Labute approximate surface area is 88.2 Å². The van der Waals surface area contributed by atoms with Gasteiger partial charge in [0.1, 0.15) is 5.82 Å². The van der Waals surface area contributed by atoms with Crippen LogP contribution in [0.25, 0.3) is 0 Å². The lowest BCUT2D eigenvalue weighted by molar-refractivity contribution is 0.236. The van der Waals surface area contributed by atoms with E-state index in [0.29, 0.717) is 0 Å². The topological polar surface area (TPSA) is 133 Å². The minimum Gasteiger partial charge on any atom is -0.409 e. The van der Waals surface area contributed by atoms with Gasteiger partial charge in [-0.2, -0.15) is 13.9 Å². The number of alkyl halides is 2. The molecule has 0 aromatic carbocycles. The molecule has 5 N–H and O–H groups in total. The van der Waals surface area contributed by atoms with E-state index in [1.165, 1.54) is 4.72 Å². The summed E-state index contributed by atoms with van der Waals surface area (Å²) in [6.07, 6.45) is 1.01. The molecule has 1 heterocycles. The van der Waals surface area contributed by atoms with Gasteiger partial charge in [-0.1, -0.05) is 5.16 Å². The Morgan fingerprint density at radius 2 is 2.31 bits per heavy atom. The van der Waals surface area contributed by atoms with Crippen LogP contribution >= 0.6 is 0 Å². The number of oxime groups is 1. The number of nitrogens with one attached hydrogen (secondary N) is 2. The molecule has 0 amide bonds. The van der Waals surface area contributed by atoms with Gasteiger partial charge in [0.2, 0.25) is 0 Å². The largest absolute Gasteiger partial charge is 0.409 e. The van der Waals surface area contributed by atoms with Crippen molar-refractivity contribution in [2.45, 2.75) is 5.76 Å². The van der Waals surface area contributed by atoms with Crippen LogP contribution in [0.1, 0.15) is 5.56 Å². The van der Waals surface area contributed by atoms with Crippen molar-refractivity contribution in [3.8, 4) is 0 Å². The highest BCUT2D eigenvalue weighted by molar-refractivity contribution is 7.93. The van der Waals surface area contributed by atoms with Crippen molar-refractivity contribution in [3.05, 3.63) is 11.8 Å². The molecule has 0 radical (unpaired) electrons. The second-order valence-electron chi connectivity index (χ2n) is 2.55. The molecule has 0 spiro atoms. The maximum atomic E-state index is 12.0. The SMILES string of the molecule is NC(=NO)c1cn[nH]c1NS(=O)(=O)C(F)F. The Kier molecular flexibility index (Phi) is 3.27. The molecule has 8 nitrogen and oxygen atoms in total. The van der Waals surface area contributed by atoms with Crippen molar-refractivity contribution < 1.29 is 22.4 Å². The maximum absolute atomic E-state index is 12.0. The molecule has 0 saturated heterocycles. The highest BCUT2D eigenvalue weighted by Gasteiger charge is 2.26. The van der Waals surface area contributed by atoms with Gasteiger partial charge in [-0.05, 0) is 0 Å². The normalized spacial score (nSPS) is 13.1. The quantitative estimate of drug-likeness (QED) is 0.248. The number of aromatic amines is 1. The fraction of sp³-hybridized carbons (Fsp3) is 0.200. The Hall–Kier alpha value is -1.91. The van der Waals surface area contributed by atoms with Gasteiger partial charge in [-0.25, -0.2) is 8.42 Å². The van der Waals surface area contributed by atoms with Gasteiger partial charge in [0.25, 0.3) is 10.0 Å². The second-order valence-corrected chi connectivity index (χ2v) is 4.20. The molecule has 0 atom stereocenters. The first-order chi connectivity index (χ1) is 7.38. The van der Waals surface area contributed by atoms with Crippen LogP contribution in [0, 0.1) is 0 Å². The van der Waals surface area contributed by atoms with E-state index in [2.05, 4.69) is 15.4 Å². The number of anilines is 1. The monoisotopic (exact) mass is 255 g/mol. The molecule has 11 heteroatoms. The molecule has 0 unspecified atom stereocenters. The smallest absolute Gasteiger partial charge is 0.355 e. The third-order valence-corrected chi connectivity index (χ3v) is 2.46. The molecule has 0 aliphatic rings. The molecule has 0 fully saturated rings. The number of sulfonamides is 1. The van der Waals surface area contributed by atoms with E-state index in [1.807, 2.05) is 0 Å². The lowest BCUT2D eigenvalue weighted by atomic mass is 10.3. The number of nitrogens with two attached hydrogens (primary N) is 1. The lowest BCUT2D eigenvalue weighted by Gasteiger charge is -2.05. The third-order valence-electron chi connectivity index (χ3n) is 1.50. The summed E-state index contributed by atoms with van der Waals surface area (Å²) in [5.74, 6) is -4.48. The van der Waals surface area contributed by atoms with E-state index in [0.717, 1.165) is 6.20 Å². The summed E-state index contributed by atoms with van der Waals surface area (Å²) < 4.78 is 47.2. The molecular weight excluding hydrogens is 248 g/mol. The zero-order valence-electron chi connectivity index (χ0n) is 7.55. The molecule has 1 aromatic heterocycles. The van der Waals surface area contributed by atoms with Crippen molar-refractivity contribution >= 4 is 21.7 Å². The first-order valence-corrected chi connectivity index (χ1v) is 5.24. The van der Waals surface area contributed by atoms with Crippen LogP contribution in [-0.2, 0) is 10.0 Å². The minimum absolute atomic E-state index is 0.147. The van der Waals surface area contributed by atoms with Crippen LogP contribution < -0.4 is 10.5 Å². The average Bonchev–Trinajstić information content (AvgIpc) is 2.63. The van der Waals surface area contributed by atoms with Gasteiger partial charge in [0.05, 0.1) is 11.8 Å². The second kappa shape index (κ2) is 4.30. The van der Waals surface area contributed by atoms with Crippen molar-refractivity contribution in [3.63, 3.8) is 0 Å². The van der Waals surface area contributed by atoms with Gasteiger partial charge in [-0.15, -0.1) is 0 Å². The zero-order valence-corrected chi connectivity index (χ0v) is 8.37. The van der Waals surface area contributed by atoms with Crippen LogP contribution in [-0.4, -0.2) is 35.4 Å².